The summed E-state index contributed by atoms with van der Waals surface area (Å²) in [6.45, 7) is 8.48. The number of amides is 2. The van der Waals surface area contributed by atoms with Crippen LogP contribution < -0.4 is 5.32 Å². The maximum Gasteiger partial charge on any atom is 0.253 e. The molecule has 7 heteroatoms. The molecule has 2 aliphatic heterocycles. The van der Waals surface area contributed by atoms with Crippen LogP contribution in [0.2, 0.25) is 0 Å². The molecule has 0 spiro atoms. The van der Waals surface area contributed by atoms with Crippen molar-refractivity contribution in [3.63, 3.8) is 0 Å². The molecule has 1 aromatic rings. The standard InChI is InChI=1S/C21H30FN3O3/c1-15-13-24(14-16(2)28-15)12-9-23-20(26)17-7-10-25(11-8-17)21(27)18-3-5-19(22)6-4-18/h3-6,15-17H,7-14H2,1-2H3,(H,23,26). The highest BCUT2D eigenvalue weighted by Gasteiger charge is 2.28. The number of carbonyl (C=O) groups excluding carboxylic acids is 2. The molecular weight excluding hydrogens is 361 g/mol. The van der Waals surface area contributed by atoms with E-state index in [4.69, 9.17) is 4.74 Å². The van der Waals surface area contributed by atoms with E-state index in [9.17, 15) is 14.0 Å². The van der Waals surface area contributed by atoms with E-state index in [2.05, 4.69) is 24.1 Å². The van der Waals surface area contributed by atoms with Crippen LogP contribution in [0.1, 0.15) is 37.0 Å². The summed E-state index contributed by atoms with van der Waals surface area (Å²) in [4.78, 5) is 29.0. The minimum Gasteiger partial charge on any atom is -0.373 e. The fourth-order valence-corrected chi connectivity index (χ4v) is 4.07. The summed E-state index contributed by atoms with van der Waals surface area (Å²) >= 11 is 0. The van der Waals surface area contributed by atoms with Crippen molar-refractivity contribution in [1.82, 2.24) is 15.1 Å². The summed E-state index contributed by atoms with van der Waals surface area (Å²) in [5.74, 6) is -0.439. The zero-order valence-electron chi connectivity index (χ0n) is 16.7. The number of hydrogen-bond acceptors (Lipinski definition) is 4. The molecule has 1 aromatic carbocycles. The topological polar surface area (TPSA) is 61.9 Å². The Labute approximate surface area is 166 Å². The second kappa shape index (κ2) is 9.47. The lowest BCUT2D eigenvalue weighted by Gasteiger charge is -2.35. The fourth-order valence-electron chi connectivity index (χ4n) is 4.07. The van der Waals surface area contributed by atoms with Gasteiger partial charge in [0.25, 0.3) is 5.91 Å². The van der Waals surface area contributed by atoms with Crippen LogP contribution in [-0.2, 0) is 9.53 Å². The Morgan fingerprint density at radius 3 is 2.32 bits per heavy atom. The van der Waals surface area contributed by atoms with Gasteiger partial charge in [-0.1, -0.05) is 0 Å². The lowest BCUT2D eigenvalue weighted by atomic mass is 9.95. The first-order valence-electron chi connectivity index (χ1n) is 10.1. The molecule has 2 fully saturated rings. The summed E-state index contributed by atoms with van der Waals surface area (Å²) in [5, 5.41) is 3.04. The maximum atomic E-state index is 13.0. The first-order chi connectivity index (χ1) is 13.4. The number of carbonyl (C=O) groups is 2. The van der Waals surface area contributed by atoms with E-state index in [0.29, 0.717) is 38.0 Å². The van der Waals surface area contributed by atoms with E-state index in [1.54, 1.807) is 4.90 Å². The molecule has 2 amide bonds. The zero-order valence-corrected chi connectivity index (χ0v) is 16.7. The highest BCUT2D eigenvalue weighted by atomic mass is 19.1. The van der Waals surface area contributed by atoms with Crippen molar-refractivity contribution < 1.29 is 18.7 Å². The monoisotopic (exact) mass is 391 g/mol. The molecule has 0 aromatic heterocycles. The molecule has 2 unspecified atom stereocenters. The minimum atomic E-state index is -0.354. The molecule has 0 aliphatic carbocycles. The van der Waals surface area contributed by atoms with E-state index in [-0.39, 0.29) is 35.8 Å². The zero-order chi connectivity index (χ0) is 20.1. The first-order valence-corrected chi connectivity index (χ1v) is 10.1. The summed E-state index contributed by atoms with van der Waals surface area (Å²) in [6.07, 6.45) is 1.76. The van der Waals surface area contributed by atoms with Crippen molar-refractivity contribution in [2.24, 2.45) is 5.92 Å². The predicted octanol–water partition coefficient (Wildman–Crippen LogP) is 1.90. The highest BCUT2D eigenvalue weighted by molar-refractivity contribution is 5.94. The van der Waals surface area contributed by atoms with Gasteiger partial charge in [-0.3, -0.25) is 14.5 Å². The smallest absolute Gasteiger partial charge is 0.253 e. The molecule has 0 radical (unpaired) electrons. The number of hydrogen-bond donors (Lipinski definition) is 1. The van der Waals surface area contributed by atoms with Gasteiger partial charge < -0.3 is 15.0 Å². The number of nitrogens with one attached hydrogen (secondary N) is 1. The summed E-state index contributed by atoms with van der Waals surface area (Å²) in [6, 6.07) is 5.60. The van der Waals surface area contributed by atoms with Crippen LogP contribution in [0.25, 0.3) is 0 Å². The Hall–Kier alpha value is -1.99. The van der Waals surface area contributed by atoms with Crippen LogP contribution >= 0.6 is 0 Å². The number of piperidine rings is 1. The van der Waals surface area contributed by atoms with E-state index < -0.39 is 0 Å². The van der Waals surface area contributed by atoms with Crippen molar-refractivity contribution in [2.75, 3.05) is 39.3 Å². The minimum absolute atomic E-state index is 0.0557. The molecule has 28 heavy (non-hydrogen) atoms. The Morgan fingerprint density at radius 2 is 1.71 bits per heavy atom. The molecule has 0 saturated carbocycles. The lowest BCUT2D eigenvalue weighted by molar-refractivity contribution is -0.126. The van der Waals surface area contributed by atoms with Gasteiger partial charge >= 0.3 is 0 Å². The highest BCUT2D eigenvalue weighted by Crippen LogP contribution is 2.19. The van der Waals surface area contributed by atoms with Gasteiger partial charge in [0.15, 0.2) is 0 Å². The van der Waals surface area contributed by atoms with Crippen LogP contribution in [0.4, 0.5) is 4.39 Å². The number of nitrogens with zero attached hydrogens (tertiary/aromatic N) is 2. The first kappa shape index (κ1) is 20.7. The molecule has 3 rings (SSSR count). The number of benzene rings is 1. The second-order valence-electron chi connectivity index (χ2n) is 7.88. The molecule has 2 saturated heterocycles. The maximum absolute atomic E-state index is 13.0. The van der Waals surface area contributed by atoms with Crippen molar-refractivity contribution in [1.29, 1.82) is 0 Å². The number of morpholine rings is 1. The summed E-state index contributed by atoms with van der Waals surface area (Å²) in [7, 11) is 0. The molecular formula is C21H30FN3O3. The third-order valence-corrected chi connectivity index (χ3v) is 5.47. The van der Waals surface area contributed by atoms with Gasteiger partial charge in [0, 0.05) is 50.7 Å². The Balaban J connectivity index is 1.39. The van der Waals surface area contributed by atoms with Gasteiger partial charge in [-0.2, -0.15) is 0 Å². The van der Waals surface area contributed by atoms with Crippen LogP contribution in [-0.4, -0.2) is 73.1 Å². The predicted molar refractivity (Wildman–Crippen MR) is 104 cm³/mol. The van der Waals surface area contributed by atoms with Crippen LogP contribution in [0, 0.1) is 11.7 Å². The molecule has 2 aliphatic rings. The Kier molecular flexibility index (Phi) is 7.02. The molecule has 1 N–H and O–H groups in total. The third-order valence-electron chi connectivity index (χ3n) is 5.47. The number of rotatable bonds is 5. The largest absolute Gasteiger partial charge is 0.373 e. The van der Waals surface area contributed by atoms with Gasteiger partial charge in [-0.25, -0.2) is 4.39 Å². The number of likely N-dealkylation sites (tertiary alicyclic amines) is 1. The average Bonchev–Trinajstić information content (AvgIpc) is 2.67. The lowest BCUT2D eigenvalue weighted by Crippen LogP contribution is -2.48. The molecule has 2 atom stereocenters. The normalized spacial score (nSPS) is 24.2. The van der Waals surface area contributed by atoms with Crippen LogP contribution in [0.3, 0.4) is 0 Å². The fraction of sp³-hybridized carbons (Fsp3) is 0.619. The van der Waals surface area contributed by atoms with Crippen molar-refractivity contribution in [3.8, 4) is 0 Å². The average molecular weight is 391 g/mol. The SMILES string of the molecule is CC1CN(CCNC(=O)C2CCN(C(=O)c3ccc(F)cc3)CC2)CC(C)O1. The van der Waals surface area contributed by atoms with Crippen molar-refractivity contribution >= 4 is 11.8 Å². The quantitative estimate of drug-likeness (QED) is 0.833. The van der Waals surface area contributed by atoms with E-state index in [1.807, 2.05) is 0 Å². The van der Waals surface area contributed by atoms with Crippen molar-refractivity contribution in [3.05, 3.63) is 35.6 Å². The summed E-state index contributed by atoms with van der Waals surface area (Å²) < 4.78 is 18.7. The van der Waals surface area contributed by atoms with Gasteiger partial charge in [0.1, 0.15) is 5.82 Å². The third kappa shape index (κ3) is 5.52. The molecule has 154 valence electrons. The van der Waals surface area contributed by atoms with Gasteiger partial charge in [-0.15, -0.1) is 0 Å². The van der Waals surface area contributed by atoms with Crippen LogP contribution in [0.5, 0.6) is 0 Å². The van der Waals surface area contributed by atoms with Crippen LogP contribution in [0.15, 0.2) is 24.3 Å². The molecule has 2 heterocycles. The Morgan fingerprint density at radius 1 is 1.11 bits per heavy atom. The van der Waals surface area contributed by atoms with E-state index in [1.165, 1.54) is 24.3 Å². The van der Waals surface area contributed by atoms with Crippen molar-refractivity contribution in [2.45, 2.75) is 38.9 Å². The van der Waals surface area contributed by atoms with Gasteiger partial charge in [-0.05, 0) is 51.0 Å². The number of ether oxygens (including phenoxy) is 1. The molecule has 0 bridgehead atoms. The summed E-state index contributed by atoms with van der Waals surface area (Å²) in [5.41, 5.74) is 0.485. The van der Waals surface area contributed by atoms with E-state index >= 15 is 0 Å². The number of halogens is 1. The Bertz CT molecular complexity index is 664. The van der Waals surface area contributed by atoms with E-state index in [0.717, 1.165) is 19.6 Å². The van der Waals surface area contributed by atoms with Gasteiger partial charge in [0.05, 0.1) is 12.2 Å². The second-order valence-corrected chi connectivity index (χ2v) is 7.88. The molecule has 6 nitrogen and oxygen atoms in total. The van der Waals surface area contributed by atoms with Gasteiger partial charge in [0.2, 0.25) is 5.91 Å².